The molecule has 0 aliphatic carbocycles. The molecule has 0 heterocycles. The third-order valence-electron chi connectivity index (χ3n) is 2.62. The van der Waals surface area contributed by atoms with E-state index in [2.05, 4.69) is 10.1 Å². The van der Waals surface area contributed by atoms with Gasteiger partial charge in [-0.25, -0.2) is 0 Å². The minimum atomic E-state index is -4.75. The summed E-state index contributed by atoms with van der Waals surface area (Å²) in [6.45, 7) is 0.582. The lowest BCUT2D eigenvalue weighted by Crippen LogP contribution is -2.29. The van der Waals surface area contributed by atoms with Gasteiger partial charge in [-0.3, -0.25) is 4.79 Å². The van der Waals surface area contributed by atoms with E-state index in [1.165, 1.54) is 23.1 Å². The Labute approximate surface area is 115 Å². The lowest BCUT2D eigenvalue weighted by molar-refractivity contribution is -0.275. The molecule has 0 aliphatic heterocycles. The van der Waals surface area contributed by atoms with E-state index in [9.17, 15) is 18.0 Å². The zero-order valence-electron chi connectivity index (χ0n) is 11.3. The Morgan fingerprint density at radius 3 is 2.60 bits per heavy atom. The summed E-state index contributed by atoms with van der Waals surface area (Å²) >= 11 is 0. The third-order valence-corrected chi connectivity index (χ3v) is 2.62. The summed E-state index contributed by atoms with van der Waals surface area (Å²) in [5, 5.41) is 2.84. The van der Waals surface area contributed by atoms with Gasteiger partial charge in [0, 0.05) is 32.1 Å². The maximum atomic E-state index is 12.3. The van der Waals surface area contributed by atoms with Gasteiger partial charge in [0.2, 0.25) is 5.91 Å². The van der Waals surface area contributed by atoms with Crippen molar-refractivity contribution in [3.05, 3.63) is 29.8 Å². The van der Waals surface area contributed by atoms with Crippen LogP contribution in [0, 0.1) is 0 Å². The highest BCUT2D eigenvalue weighted by molar-refractivity contribution is 5.76. The average molecular weight is 290 g/mol. The van der Waals surface area contributed by atoms with Crippen LogP contribution in [-0.4, -0.2) is 37.8 Å². The molecule has 0 saturated heterocycles. The molecule has 0 aromatic heterocycles. The van der Waals surface area contributed by atoms with Gasteiger partial charge in [-0.1, -0.05) is 18.2 Å². The molecule has 0 spiro atoms. The number of nitrogens with zero attached hydrogens (tertiary/aromatic N) is 1. The fourth-order valence-corrected chi connectivity index (χ4v) is 1.63. The quantitative estimate of drug-likeness (QED) is 0.873. The van der Waals surface area contributed by atoms with Crippen molar-refractivity contribution in [2.75, 3.05) is 20.6 Å². The summed E-state index contributed by atoms with van der Waals surface area (Å²) in [4.78, 5) is 13.1. The lowest BCUT2D eigenvalue weighted by atomic mass is 10.2. The Hall–Kier alpha value is -1.76. The first-order valence-corrected chi connectivity index (χ1v) is 6.05. The Kier molecular flexibility index (Phi) is 5.82. The number of para-hydroxylation sites is 1. The molecule has 1 N–H and O–H groups in total. The van der Waals surface area contributed by atoms with Gasteiger partial charge in [0.15, 0.2) is 0 Å². The second kappa shape index (κ2) is 7.14. The molecule has 1 amide bonds. The first kappa shape index (κ1) is 16.3. The van der Waals surface area contributed by atoms with Crippen molar-refractivity contribution < 1.29 is 22.7 Å². The number of alkyl halides is 3. The van der Waals surface area contributed by atoms with Crippen molar-refractivity contribution in [1.82, 2.24) is 10.2 Å². The maximum absolute atomic E-state index is 12.3. The van der Waals surface area contributed by atoms with E-state index in [1.54, 1.807) is 20.2 Å². The molecule has 1 aromatic carbocycles. The van der Waals surface area contributed by atoms with Gasteiger partial charge < -0.3 is 15.0 Å². The topological polar surface area (TPSA) is 41.6 Å². The number of amides is 1. The minimum Gasteiger partial charge on any atom is -0.405 e. The number of carbonyl (C=O) groups excluding carboxylic acids is 1. The van der Waals surface area contributed by atoms with E-state index < -0.39 is 6.36 Å². The molecule has 0 saturated carbocycles. The standard InChI is InChI=1S/C13H17F3N2O2/c1-17-8-7-12(19)18(2)9-10-5-3-4-6-11(10)20-13(14,15)16/h3-6,17H,7-9H2,1-2H3. The second-order valence-corrected chi connectivity index (χ2v) is 4.26. The summed E-state index contributed by atoms with van der Waals surface area (Å²) in [6, 6.07) is 5.79. The SMILES string of the molecule is CNCCC(=O)N(C)Cc1ccccc1OC(F)(F)F. The van der Waals surface area contributed by atoms with Crippen molar-refractivity contribution in [2.24, 2.45) is 0 Å². The Balaban J connectivity index is 2.74. The number of benzene rings is 1. The van der Waals surface area contributed by atoms with Gasteiger partial charge in [0.25, 0.3) is 0 Å². The molecule has 0 aliphatic rings. The van der Waals surface area contributed by atoms with Crippen LogP contribution in [0.3, 0.4) is 0 Å². The van der Waals surface area contributed by atoms with Gasteiger partial charge in [0.1, 0.15) is 5.75 Å². The monoisotopic (exact) mass is 290 g/mol. The van der Waals surface area contributed by atoms with E-state index in [0.717, 1.165) is 0 Å². The van der Waals surface area contributed by atoms with Crippen molar-refractivity contribution in [3.63, 3.8) is 0 Å². The third kappa shape index (κ3) is 5.48. The molecule has 7 heteroatoms. The highest BCUT2D eigenvalue weighted by Crippen LogP contribution is 2.26. The van der Waals surface area contributed by atoms with Crippen molar-refractivity contribution in [3.8, 4) is 5.75 Å². The van der Waals surface area contributed by atoms with E-state index >= 15 is 0 Å². The minimum absolute atomic E-state index is 0.0643. The van der Waals surface area contributed by atoms with Gasteiger partial charge >= 0.3 is 6.36 Å². The van der Waals surface area contributed by atoms with E-state index in [4.69, 9.17) is 0 Å². The summed E-state index contributed by atoms with van der Waals surface area (Å²) in [7, 11) is 3.27. The van der Waals surface area contributed by atoms with E-state index in [-0.39, 0.29) is 24.6 Å². The van der Waals surface area contributed by atoms with Gasteiger partial charge in [-0.15, -0.1) is 13.2 Å². The van der Waals surface area contributed by atoms with Gasteiger partial charge in [0.05, 0.1) is 0 Å². The fraction of sp³-hybridized carbons (Fsp3) is 0.462. The van der Waals surface area contributed by atoms with Gasteiger partial charge in [-0.2, -0.15) is 0 Å². The zero-order valence-corrected chi connectivity index (χ0v) is 11.3. The number of hydrogen-bond acceptors (Lipinski definition) is 3. The van der Waals surface area contributed by atoms with Crippen LogP contribution >= 0.6 is 0 Å². The number of nitrogens with one attached hydrogen (secondary N) is 1. The van der Waals surface area contributed by atoms with E-state index in [0.29, 0.717) is 12.1 Å². The number of rotatable bonds is 6. The second-order valence-electron chi connectivity index (χ2n) is 4.26. The molecule has 20 heavy (non-hydrogen) atoms. The molecule has 1 aromatic rings. The van der Waals surface area contributed by atoms with Crippen LogP contribution in [0.25, 0.3) is 0 Å². The fourth-order valence-electron chi connectivity index (χ4n) is 1.63. The smallest absolute Gasteiger partial charge is 0.405 e. The van der Waals surface area contributed by atoms with Crippen LogP contribution in [0.2, 0.25) is 0 Å². The zero-order chi connectivity index (χ0) is 15.2. The predicted octanol–water partition coefficient (Wildman–Crippen LogP) is 2.15. The number of ether oxygens (including phenoxy) is 1. The average Bonchev–Trinajstić information content (AvgIpc) is 2.36. The molecule has 0 radical (unpaired) electrons. The van der Waals surface area contributed by atoms with E-state index in [1.807, 2.05) is 0 Å². The van der Waals surface area contributed by atoms with Crippen molar-refractivity contribution in [2.45, 2.75) is 19.3 Å². The summed E-state index contributed by atoms with van der Waals surface area (Å²) in [5.41, 5.74) is 0.310. The largest absolute Gasteiger partial charge is 0.573 e. The van der Waals surface area contributed by atoms with Crippen LogP contribution < -0.4 is 10.1 Å². The predicted molar refractivity (Wildman–Crippen MR) is 68.1 cm³/mol. The summed E-state index contributed by atoms with van der Waals surface area (Å²) < 4.78 is 40.8. The molecule has 1 rings (SSSR count). The summed E-state index contributed by atoms with van der Waals surface area (Å²) in [6.07, 6.45) is -4.46. The van der Waals surface area contributed by atoms with Crippen LogP contribution in [0.1, 0.15) is 12.0 Å². The first-order chi connectivity index (χ1) is 9.33. The van der Waals surface area contributed by atoms with Crippen molar-refractivity contribution in [1.29, 1.82) is 0 Å². The number of carbonyl (C=O) groups is 1. The Morgan fingerprint density at radius 1 is 1.35 bits per heavy atom. The van der Waals surface area contributed by atoms with Gasteiger partial charge in [-0.05, 0) is 13.1 Å². The molecule has 112 valence electrons. The number of hydrogen-bond donors (Lipinski definition) is 1. The van der Waals surface area contributed by atoms with Crippen LogP contribution in [0.15, 0.2) is 24.3 Å². The molecule has 0 bridgehead atoms. The Bertz CT molecular complexity index is 449. The molecule has 4 nitrogen and oxygen atoms in total. The molecular formula is C13H17F3N2O2. The summed E-state index contributed by atoms with van der Waals surface area (Å²) in [5.74, 6) is -0.436. The highest BCUT2D eigenvalue weighted by atomic mass is 19.4. The Morgan fingerprint density at radius 2 is 2.00 bits per heavy atom. The first-order valence-electron chi connectivity index (χ1n) is 6.05. The molecule has 0 atom stereocenters. The van der Waals surface area contributed by atoms with Crippen LogP contribution in [0.5, 0.6) is 5.75 Å². The molecule has 0 fully saturated rings. The molecular weight excluding hydrogens is 273 g/mol. The van der Waals surface area contributed by atoms with Crippen molar-refractivity contribution >= 4 is 5.91 Å². The number of halogens is 3. The van der Waals surface area contributed by atoms with Crippen LogP contribution in [-0.2, 0) is 11.3 Å². The molecule has 0 unspecified atom stereocenters. The normalized spacial score (nSPS) is 11.2. The highest BCUT2D eigenvalue weighted by Gasteiger charge is 2.32. The lowest BCUT2D eigenvalue weighted by Gasteiger charge is -2.19. The van der Waals surface area contributed by atoms with Crippen LogP contribution in [0.4, 0.5) is 13.2 Å². The maximum Gasteiger partial charge on any atom is 0.573 e.